The average molecular weight is 342 g/mol. The van der Waals surface area contributed by atoms with Gasteiger partial charge in [-0.15, -0.1) is 0 Å². The number of fused-ring (bicyclic) bond motifs is 1. The molecule has 1 aliphatic heterocycles. The van der Waals surface area contributed by atoms with Crippen LogP contribution in [0.15, 0.2) is 16.6 Å². The third-order valence-electron chi connectivity index (χ3n) is 3.62. The first-order chi connectivity index (χ1) is 9.61. The standard InChI is InChI=1S/C16H24BrNO2/c1-11(2)5-6-14(18-3)12-9-15-16(10-13(12)17)20-8-4-7-19-15/h9-11,14,18H,4-8H2,1-3H3. The molecule has 0 aromatic heterocycles. The third kappa shape index (κ3) is 3.89. The lowest BCUT2D eigenvalue weighted by atomic mass is 9.97. The Bertz CT molecular complexity index is 448. The Labute approximate surface area is 130 Å². The van der Waals surface area contributed by atoms with Crippen LogP contribution in [0.2, 0.25) is 0 Å². The number of rotatable bonds is 5. The topological polar surface area (TPSA) is 30.5 Å². The van der Waals surface area contributed by atoms with Crippen molar-refractivity contribution in [1.29, 1.82) is 0 Å². The summed E-state index contributed by atoms with van der Waals surface area (Å²) in [6.07, 6.45) is 3.25. The van der Waals surface area contributed by atoms with E-state index in [1.165, 1.54) is 12.0 Å². The van der Waals surface area contributed by atoms with Gasteiger partial charge in [0.1, 0.15) is 0 Å². The summed E-state index contributed by atoms with van der Waals surface area (Å²) < 4.78 is 12.6. The minimum absolute atomic E-state index is 0.337. The molecule has 1 aromatic carbocycles. The number of benzene rings is 1. The van der Waals surface area contributed by atoms with Crippen LogP contribution in [0.1, 0.15) is 44.7 Å². The molecule has 2 rings (SSSR count). The van der Waals surface area contributed by atoms with E-state index in [1.807, 2.05) is 13.1 Å². The third-order valence-corrected chi connectivity index (χ3v) is 4.31. The van der Waals surface area contributed by atoms with Crippen LogP contribution in [-0.2, 0) is 0 Å². The number of hydrogen-bond acceptors (Lipinski definition) is 3. The zero-order valence-corrected chi connectivity index (χ0v) is 14.1. The summed E-state index contributed by atoms with van der Waals surface area (Å²) in [5, 5.41) is 3.41. The summed E-state index contributed by atoms with van der Waals surface area (Å²) in [5.41, 5.74) is 1.25. The second kappa shape index (κ2) is 7.32. The molecular weight excluding hydrogens is 318 g/mol. The highest BCUT2D eigenvalue weighted by Gasteiger charge is 2.19. The molecule has 0 radical (unpaired) electrons. The highest BCUT2D eigenvalue weighted by molar-refractivity contribution is 9.10. The molecule has 1 heterocycles. The molecule has 0 bridgehead atoms. The first kappa shape index (κ1) is 15.6. The molecule has 112 valence electrons. The summed E-state index contributed by atoms with van der Waals surface area (Å²) in [4.78, 5) is 0. The van der Waals surface area contributed by atoms with Crippen molar-refractivity contribution < 1.29 is 9.47 Å². The van der Waals surface area contributed by atoms with Crippen molar-refractivity contribution in [2.24, 2.45) is 5.92 Å². The molecule has 1 aliphatic rings. The molecular formula is C16H24BrNO2. The van der Waals surface area contributed by atoms with Crippen LogP contribution >= 0.6 is 15.9 Å². The van der Waals surface area contributed by atoms with Gasteiger partial charge in [-0.2, -0.15) is 0 Å². The number of hydrogen-bond donors (Lipinski definition) is 1. The predicted molar refractivity (Wildman–Crippen MR) is 85.6 cm³/mol. The largest absolute Gasteiger partial charge is 0.490 e. The van der Waals surface area contributed by atoms with Crippen LogP contribution in [0.25, 0.3) is 0 Å². The molecule has 1 N–H and O–H groups in total. The van der Waals surface area contributed by atoms with E-state index in [9.17, 15) is 0 Å². The molecule has 0 amide bonds. The fraction of sp³-hybridized carbons (Fsp3) is 0.625. The second-order valence-corrected chi connectivity index (χ2v) is 6.54. The van der Waals surface area contributed by atoms with Crippen LogP contribution < -0.4 is 14.8 Å². The van der Waals surface area contributed by atoms with Gasteiger partial charge in [-0.25, -0.2) is 0 Å². The molecule has 20 heavy (non-hydrogen) atoms. The highest BCUT2D eigenvalue weighted by Crippen LogP contribution is 2.38. The van der Waals surface area contributed by atoms with Gasteiger partial charge in [-0.05, 0) is 43.5 Å². The molecule has 0 saturated heterocycles. The fourth-order valence-electron chi connectivity index (χ4n) is 2.42. The molecule has 1 atom stereocenters. The van der Waals surface area contributed by atoms with E-state index in [0.717, 1.165) is 42.0 Å². The quantitative estimate of drug-likeness (QED) is 0.865. The lowest BCUT2D eigenvalue weighted by molar-refractivity contribution is 0.297. The van der Waals surface area contributed by atoms with Crippen molar-refractivity contribution >= 4 is 15.9 Å². The Balaban J connectivity index is 2.23. The van der Waals surface area contributed by atoms with Crippen molar-refractivity contribution in [1.82, 2.24) is 5.32 Å². The first-order valence-corrected chi connectivity index (χ1v) is 8.17. The minimum atomic E-state index is 0.337. The zero-order valence-electron chi connectivity index (χ0n) is 12.5. The van der Waals surface area contributed by atoms with Gasteiger partial charge >= 0.3 is 0 Å². The SMILES string of the molecule is CNC(CCC(C)C)c1cc2c(cc1Br)OCCCO2. The zero-order chi connectivity index (χ0) is 14.5. The molecule has 1 unspecified atom stereocenters. The summed E-state index contributed by atoms with van der Waals surface area (Å²) in [6, 6.07) is 4.49. The Morgan fingerprint density at radius 3 is 2.40 bits per heavy atom. The molecule has 1 aromatic rings. The Morgan fingerprint density at radius 2 is 1.80 bits per heavy atom. The smallest absolute Gasteiger partial charge is 0.162 e. The normalized spacial score (nSPS) is 16.1. The van der Waals surface area contributed by atoms with E-state index in [0.29, 0.717) is 12.0 Å². The monoisotopic (exact) mass is 341 g/mol. The van der Waals surface area contributed by atoms with Crippen molar-refractivity contribution in [3.8, 4) is 11.5 Å². The summed E-state index contributed by atoms with van der Waals surface area (Å²) >= 11 is 3.67. The molecule has 3 nitrogen and oxygen atoms in total. The maximum absolute atomic E-state index is 5.79. The molecule has 0 aliphatic carbocycles. The predicted octanol–water partition coefficient (Wildman–Crippen LogP) is 4.31. The van der Waals surface area contributed by atoms with E-state index >= 15 is 0 Å². The van der Waals surface area contributed by atoms with Crippen LogP contribution in [0.5, 0.6) is 11.5 Å². The number of halogens is 1. The van der Waals surface area contributed by atoms with Gasteiger partial charge in [0.25, 0.3) is 0 Å². The Kier molecular flexibility index (Phi) is 5.73. The van der Waals surface area contributed by atoms with Gasteiger partial charge in [-0.1, -0.05) is 29.8 Å². The molecule has 4 heteroatoms. The average Bonchev–Trinajstić information content (AvgIpc) is 2.64. The maximum Gasteiger partial charge on any atom is 0.162 e. The molecule has 0 spiro atoms. The number of nitrogens with one attached hydrogen (secondary N) is 1. The van der Waals surface area contributed by atoms with Crippen LogP contribution in [0.4, 0.5) is 0 Å². The van der Waals surface area contributed by atoms with Gasteiger partial charge < -0.3 is 14.8 Å². The van der Waals surface area contributed by atoms with Gasteiger partial charge in [-0.3, -0.25) is 0 Å². The molecule has 0 fully saturated rings. The fourth-order valence-corrected chi connectivity index (χ4v) is 3.02. The van der Waals surface area contributed by atoms with E-state index in [1.54, 1.807) is 0 Å². The summed E-state index contributed by atoms with van der Waals surface area (Å²) in [7, 11) is 2.01. The van der Waals surface area contributed by atoms with E-state index in [-0.39, 0.29) is 0 Å². The number of ether oxygens (including phenoxy) is 2. The van der Waals surface area contributed by atoms with E-state index in [2.05, 4.69) is 41.2 Å². The molecule has 0 saturated carbocycles. The second-order valence-electron chi connectivity index (χ2n) is 5.68. The Hall–Kier alpha value is -0.740. The highest BCUT2D eigenvalue weighted by atomic mass is 79.9. The van der Waals surface area contributed by atoms with Gasteiger partial charge in [0.05, 0.1) is 13.2 Å². The Morgan fingerprint density at radius 1 is 1.15 bits per heavy atom. The van der Waals surface area contributed by atoms with Gasteiger partial charge in [0.2, 0.25) is 0 Å². The van der Waals surface area contributed by atoms with Crippen LogP contribution in [0, 0.1) is 5.92 Å². The summed E-state index contributed by atoms with van der Waals surface area (Å²) in [5.74, 6) is 2.42. The minimum Gasteiger partial charge on any atom is -0.490 e. The lowest BCUT2D eigenvalue weighted by Gasteiger charge is -2.21. The van der Waals surface area contributed by atoms with E-state index in [4.69, 9.17) is 9.47 Å². The van der Waals surface area contributed by atoms with Crippen molar-refractivity contribution in [2.45, 2.75) is 39.2 Å². The van der Waals surface area contributed by atoms with Crippen molar-refractivity contribution in [3.63, 3.8) is 0 Å². The van der Waals surface area contributed by atoms with Crippen LogP contribution in [-0.4, -0.2) is 20.3 Å². The van der Waals surface area contributed by atoms with Crippen molar-refractivity contribution in [3.05, 3.63) is 22.2 Å². The summed E-state index contributed by atoms with van der Waals surface area (Å²) in [6.45, 7) is 5.97. The van der Waals surface area contributed by atoms with E-state index < -0.39 is 0 Å². The van der Waals surface area contributed by atoms with Crippen molar-refractivity contribution in [2.75, 3.05) is 20.3 Å². The first-order valence-electron chi connectivity index (χ1n) is 7.38. The van der Waals surface area contributed by atoms with Gasteiger partial charge in [0.15, 0.2) is 11.5 Å². The lowest BCUT2D eigenvalue weighted by Crippen LogP contribution is -2.17. The van der Waals surface area contributed by atoms with Gasteiger partial charge in [0, 0.05) is 16.9 Å². The maximum atomic E-state index is 5.79. The van der Waals surface area contributed by atoms with Crippen LogP contribution in [0.3, 0.4) is 0 Å².